The van der Waals surface area contributed by atoms with E-state index in [1.165, 1.54) is 37.8 Å². The van der Waals surface area contributed by atoms with Crippen molar-refractivity contribution in [2.75, 3.05) is 53.0 Å². The molecule has 7 heteroatoms. The molecule has 1 aliphatic heterocycles. The molecule has 2 aliphatic rings. The Morgan fingerprint density at radius 3 is 2.47 bits per heavy atom. The van der Waals surface area contributed by atoms with Crippen LogP contribution in [0.5, 0.6) is 0 Å². The lowest BCUT2D eigenvalue weighted by atomic mass is 9.95. The first kappa shape index (κ1) is 22.8. The lowest BCUT2D eigenvalue weighted by molar-refractivity contribution is -0.122. The van der Waals surface area contributed by atoms with Gasteiger partial charge >= 0.3 is 0 Å². The van der Waals surface area contributed by atoms with Gasteiger partial charge in [-0.2, -0.15) is 0 Å². The standard InChI is InChI=1S/C23H38N4O3/c1-18-16-21(19(2)27(18)20-8-5-4-6-9-20)23(29)26-13-11-25(12-14-26)17-22(28)24-10-7-15-30-3/h16,20H,4-15,17H2,1-3H3,(H,24,28). The van der Waals surface area contributed by atoms with Crippen molar-refractivity contribution >= 4 is 11.8 Å². The Hall–Kier alpha value is -1.86. The van der Waals surface area contributed by atoms with Crippen LogP contribution in [0.4, 0.5) is 0 Å². The van der Waals surface area contributed by atoms with Crippen molar-refractivity contribution in [3.63, 3.8) is 0 Å². The molecule has 0 bridgehead atoms. The summed E-state index contributed by atoms with van der Waals surface area (Å²) < 4.78 is 7.39. The highest BCUT2D eigenvalue weighted by Gasteiger charge is 2.27. The fourth-order valence-corrected chi connectivity index (χ4v) is 4.88. The normalized spacial score (nSPS) is 18.6. The zero-order valence-corrected chi connectivity index (χ0v) is 18.9. The molecule has 1 aromatic rings. The quantitative estimate of drug-likeness (QED) is 0.659. The summed E-state index contributed by atoms with van der Waals surface area (Å²) in [5.41, 5.74) is 3.16. The molecule has 1 aliphatic carbocycles. The van der Waals surface area contributed by atoms with E-state index in [4.69, 9.17) is 4.74 Å². The predicted molar refractivity (Wildman–Crippen MR) is 118 cm³/mol. The van der Waals surface area contributed by atoms with E-state index < -0.39 is 0 Å². The van der Waals surface area contributed by atoms with Crippen molar-refractivity contribution in [2.45, 2.75) is 58.4 Å². The number of aromatic nitrogens is 1. The number of hydrogen-bond acceptors (Lipinski definition) is 4. The lowest BCUT2D eigenvalue weighted by Gasteiger charge is -2.34. The molecule has 1 saturated heterocycles. The molecule has 7 nitrogen and oxygen atoms in total. The second-order valence-electron chi connectivity index (χ2n) is 8.71. The number of hydrogen-bond donors (Lipinski definition) is 1. The molecule has 1 N–H and O–H groups in total. The number of ether oxygens (including phenoxy) is 1. The molecular weight excluding hydrogens is 380 g/mol. The van der Waals surface area contributed by atoms with Crippen molar-refractivity contribution in [3.8, 4) is 0 Å². The molecule has 168 valence electrons. The van der Waals surface area contributed by atoms with Crippen molar-refractivity contribution < 1.29 is 14.3 Å². The first-order valence-electron chi connectivity index (χ1n) is 11.5. The Bertz CT molecular complexity index is 716. The summed E-state index contributed by atoms with van der Waals surface area (Å²) in [6, 6.07) is 2.62. The van der Waals surface area contributed by atoms with E-state index in [0.29, 0.717) is 38.8 Å². The number of rotatable bonds is 8. The van der Waals surface area contributed by atoms with Gasteiger partial charge in [-0.05, 0) is 39.2 Å². The third-order valence-electron chi connectivity index (χ3n) is 6.53. The van der Waals surface area contributed by atoms with Gasteiger partial charge < -0.3 is 19.5 Å². The van der Waals surface area contributed by atoms with Crippen LogP contribution in [0.2, 0.25) is 0 Å². The van der Waals surface area contributed by atoms with Crippen molar-refractivity contribution in [1.29, 1.82) is 0 Å². The molecular formula is C23H38N4O3. The van der Waals surface area contributed by atoms with Gasteiger partial charge in [-0.3, -0.25) is 14.5 Å². The van der Waals surface area contributed by atoms with Gasteiger partial charge in [-0.1, -0.05) is 19.3 Å². The van der Waals surface area contributed by atoms with E-state index in [1.54, 1.807) is 7.11 Å². The van der Waals surface area contributed by atoms with Crippen LogP contribution in [0.25, 0.3) is 0 Å². The molecule has 1 aromatic heterocycles. The third-order valence-corrected chi connectivity index (χ3v) is 6.53. The van der Waals surface area contributed by atoms with Crippen LogP contribution in [0, 0.1) is 13.8 Å². The number of amides is 2. The minimum atomic E-state index is 0.0434. The van der Waals surface area contributed by atoms with E-state index in [0.717, 1.165) is 30.8 Å². The second kappa shape index (κ2) is 11.0. The minimum Gasteiger partial charge on any atom is -0.385 e. The fraction of sp³-hybridized carbons (Fsp3) is 0.739. The van der Waals surface area contributed by atoms with Crippen LogP contribution in [0.15, 0.2) is 6.07 Å². The van der Waals surface area contributed by atoms with E-state index in [9.17, 15) is 9.59 Å². The smallest absolute Gasteiger partial charge is 0.255 e. The SMILES string of the molecule is COCCCNC(=O)CN1CCN(C(=O)c2cc(C)n(C3CCCCC3)c2C)CC1. The number of nitrogens with zero attached hydrogens (tertiary/aromatic N) is 3. The number of nitrogens with one attached hydrogen (secondary N) is 1. The lowest BCUT2D eigenvalue weighted by Crippen LogP contribution is -2.51. The van der Waals surface area contributed by atoms with Crippen LogP contribution in [0.3, 0.4) is 0 Å². The maximum absolute atomic E-state index is 13.2. The number of carbonyl (C=O) groups excluding carboxylic acids is 2. The number of aryl methyl sites for hydroxylation is 1. The summed E-state index contributed by atoms with van der Waals surface area (Å²) in [5, 5.41) is 2.93. The summed E-state index contributed by atoms with van der Waals surface area (Å²) in [5.74, 6) is 0.177. The maximum Gasteiger partial charge on any atom is 0.255 e. The van der Waals surface area contributed by atoms with Crippen molar-refractivity contribution in [1.82, 2.24) is 19.7 Å². The fourth-order valence-electron chi connectivity index (χ4n) is 4.88. The molecule has 2 amide bonds. The van der Waals surface area contributed by atoms with Gasteiger partial charge in [-0.15, -0.1) is 0 Å². The van der Waals surface area contributed by atoms with Crippen LogP contribution >= 0.6 is 0 Å². The topological polar surface area (TPSA) is 66.8 Å². The summed E-state index contributed by atoms with van der Waals surface area (Å²) >= 11 is 0. The second-order valence-corrected chi connectivity index (χ2v) is 8.71. The highest BCUT2D eigenvalue weighted by Crippen LogP contribution is 2.32. The first-order chi connectivity index (χ1) is 14.5. The molecule has 1 saturated carbocycles. The number of carbonyl (C=O) groups is 2. The van der Waals surface area contributed by atoms with E-state index >= 15 is 0 Å². The van der Waals surface area contributed by atoms with Gasteiger partial charge in [0.1, 0.15) is 0 Å². The van der Waals surface area contributed by atoms with Gasteiger partial charge in [0.2, 0.25) is 5.91 Å². The highest BCUT2D eigenvalue weighted by atomic mass is 16.5. The predicted octanol–water partition coefficient (Wildman–Crippen LogP) is 2.52. The van der Waals surface area contributed by atoms with Gasteiger partial charge in [-0.25, -0.2) is 0 Å². The molecule has 0 radical (unpaired) electrons. The Labute approximate surface area is 180 Å². The van der Waals surface area contributed by atoms with E-state index in [-0.39, 0.29) is 11.8 Å². The van der Waals surface area contributed by atoms with E-state index in [2.05, 4.69) is 34.7 Å². The third kappa shape index (κ3) is 5.64. The van der Waals surface area contributed by atoms with Gasteiger partial charge in [0, 0.05) is 63.9 Å². The Morgan fingerprint density at radius 1 is 1.10 bits per heavy atom. The zero-order valence-electron chi connectivity index (χ0n) is 18.9. The highest BCUT2D eigenvalue weighted by molar-refractivity contribution is 5.95. The van der Waals surface area contributed by atoms with Crippen LogP contribution in [-0.2, 0) is 9.53 Å². The maximum atomic E-state index is 13.2. The van der Waals surface area contributed by atoms with Crippen molar-refractivity contribution in [3.05, 3.63) is 23.0 Å². The number of methoxy groups -OCH3 is 1. The zero-order chi connectivity index (χ0) is 21.5. The van der Waals surface area contributed by atoms with Gasteiger partial charge in [0.15, 0.2) is 0 Å². The summed E-state index contributed by atoms with van der Waals surface area (Å²) in [4.78, 5) is 29.3. The molecule has 3 rings (SSSR count). The van der Waals surface area contributed by atoms with Crippen LogP contribution in [0.1, 0.15) is 66.3 Å². The van der Waals surface area contributed by atoms with Crippen molar-refractivity contribution in [2.24, 2.45) is 0 Å². The molecule has 2 fully saturated rings. The molecule has 0 atom stereocenters. The van der Waals surface area contributed by atoms with Crippen LogP contribution in [-0.4, -0.2) is 79.2 Å². The molecule has 0 spiro atoms. The van der Waals surface area contributed by atoms with Crippen LogP contribution < -0.4 is 5.32 Å². The minimum absolute atomic E-state index is 0.0434. The Kier molecular flexibility index (Phi) is 8.33. The monoisotopic (exact) mass is 418 g/mol. The van der Waals surface area contributed by atoms with E-state index in [1.807, 2.05) is 4.90 Å². The molecule has 30 heavy (non-hydrogen) atoms. The largest absolute Gasteiger partial charge is 0.385 e. The summed E-state index contributed by atoms with van der Waals surface area (Å²) in [6.07, 6.45) is 7.16. The average molecular weight is 419 g/mol. The van der Waals surface area contributed by atoms with Gasteiger partial charge in [0.05, 0.1) is 12.1 Å². The molecule has 0 aromatic carbocycles. The molecule has 0 unspecified atom stereocenters. The average Bonchev–Trinajstić information content (AvgIpc) is 3.06. The summed E-state index contributed by atoms with van der Waals surface area (Å²) in [6.45, 7) is 8.72. The Balaban J connectivity index is 1.51. The number of piperazine rings is 1. The molecule has 2 heterocycles. The Morgan fingerprint density at radius 2 is 1.80 bits per heavy atom. The van der Waals surface area contributed by atoms with Gasteiger partial charge in [0.25, 0.3) is 5.91 Å². The summed E-state index contributed by atoms with van der Waals surface area (Å²) in [7, 11) is 1.66. The first-order valence-corrected chi connectivity index (χ1v) is 11.5.